The van der Waals surface area contributed by atoms with E-state index in [9.17, 15) is 9.18 Å². The fourth-order valence-electron chi connectivity index (χ4n) is 3.67. The number of nitrogens with zero attached hydrogens (tertiary/aromatic N) is 4. The summed E-state index contributed by atoms with van der Waals surface area (Å²) >= 11 is 8.03. The van der Waals surface area contributed by atoms with Gasteiger partial charge >= 0.3 is 0 Å². The molecule has 0 unspecified atom stereocenters. The summed E-state index contributed by atoms with van der Waals surface area (Å²) in [4.78, 5) is 18.7. The molecule has 166 valence electrons. The molecule has 3 aromatic heterocycles. The van der Waals surface area contributed by atoms with Crippen LogP contribution in [0.3, 0.4) is 0 Å². The molecule has 0 radical (unpaired) electrons. The van der Waals surface area contributed by atoms with E-state index in [-0.39, 0.29) is 16.9 Å². The van der Waals surface area contributed by atoms with Crippen molar-refractivity contribution in [1.82, 2.24) is 19.2 Å². The molecular formula is C24H19ClFN5OS. The van der Waals surface area contributed by atoms with E-state index in [1.165, 1.54) is 29.0 Å². The van der Waals surface area contributed by atoms with E-state index in [0.717, 1.165) is 5.56 Å². The standard InChI is InChI=1S/C24H19ClFN5OS/c1-14-3-5-16(6-4-14)13-31-21(25)19(15(2)29-31)23(32)28-22-20(17-7-9-18(26)10-8-17)27-24-30(22)11-12-33-24/h3-12H,13H2,1-2H3,(H,28,32). The second kappa shape index (κ2) is 8.46. The Morgan fingerprint density at radius 3 is 2.58 bits per heavy atom. The summed E-state index contributed by atoms with van der Waals surface area (Å²) in [6, 6.07) is 14.1. The van der Waals surface area contributed by atoms with Crippen molar-refractivity contribution in [2.24, 2.45) is 0 Å². The summed E-state index contributed by atoms with van der Waals surface area (Å²) in [5.41, 5.74) is 4.28. The molecule has 1 amide bonds. The van der Waals surface area contributed by atoms with E-state index in [4.69, 9.17) is 11.6 Å². The van der Waals surface area contributed by atoms with Crippen molar-refractivity contribution in [3.05, 3.63) is 93.5 Å². The average Bonchev–Trinajstić information content (AvgIpc) is 3.45. The first-order chi connectivity index (χ1) is 15.9. The van der Waals surface area contributed by atoms with Crippen molar-refractivity contribution in [2.45, 2.75) is 20.4 Å². The second-order valence-electron chi connectivity index (χ2n) is 7.72. The third-order valence-corrected chi connectivity index (χ3v) is 6.50. The van der Waals surface area contributed by atoms with Crippen molar-refractivity contribution in [3.63, 3.8) is 0 Å². The normalized spacial score (nSPS) is 11.3. The van der Waals surface area contributed by atoms with E-state index in [2.05, 4.69) is 15.4 Å². The highest BCUT2D eigenvalue weighted by molar-refractivity contribution is 7.15. The van der Waals surface area contributed by atoms with Gasteiger partial charge in [0.25, 0.3) is 5.91 Å². The average molecular weight is 480 g/mol. The number of nitrogens with one attached hydrogen (secondary N) is 1. The number of rotatable bonds is 5. The largest absolute Gasteiger partial charge is 0.306 e. The van der Waals surface area contributed by atoms with Gasteiger partial charge in [-0.3, -0.25) is 9.20 Å². The third-order valence-electron chi connectivity index (χ3n) is 5.36. The zero-order chi connectivity index (χ0) is 23.1. The first-order valence-electron chi connectivity index (χ1n) is 10.2. The number of amides is 1. The Morgan fingerprint density at radius 1 is 1.12 bits per heavy atom. The van der Waals surface area contributed by atoms with E-state index in [0.29, 0.717) is 39.8 Å². The molecule has 0 aliphatic carbocycles. The van der Waals surface area contributed by atoms with Crippen LogP contribution in [0.2, 0.25) is 5.15 Å². The monoisotopic (exact) mass is 479 g/mol. The number of anilines is 1. The number of halogens is 2. The van der Waals surface area contributed by atoms with Crippen LogP contribution in [-0.2, 0) is 6.54 Å². The van der Waals surface area contributed by atoms with Gasteiger partial charge < -0.3 is 5.32 Å². The molecule has 33 heavy (non-hydrogen) atoms. The third kappa shape index (κ3) is 4.03. The summed E-state index contributed by atoms with van der Waals surface area (Å²) in [5.74, 6) is -0.234. The summed E-state index contributed by atoms with van der Waals surface area (Å²) in [7, 11) is 0. The van der Waals surface area contributed by atoms with Crippen LogP contribution in [0.4, 0.5) is 10.2 Å². The second-order valence-corrected chi connectivity index (χ2v) is 8.95. The van der Waals surface area contributed by atoms with Gasteiger partial charge in [-0.15, -0.1) is 11.3 Å². The van der Waals surface area contributed by atoms with Crippen molar-refractivity contribution in [3.8, 4) is 11.3 Å². The van der Waals surface area contributed by atoms with Gasteiger partial charge in [-0.25, -0.2) is 14.1 Å². The van der Waals surface area contributed by atoms with Crippen LogP contribution < -0.4 is 5.32 Å². The minimum Gasteiger partial charge on any atom is -0.306 e. The molecule has 6 nitrogen and oxygen atoms in total. The lowest BCUT2D eigenvalue weighted by Gasteiger charge is -2.08. The van der Waals surface area contributed by atoms with Crippen LogP contribution in [0.1, 0.15) is 27.2 Å². The van der Waals surface area contributed by atoms with E-state index in [1.54, 1.807) is 28.1 Å². The molecule has 0 saturated carbocycles. The Kier molecular flexibility index (Phi) is 5.47. The maximum Gasteiger partial charge on any atom is 0.261 e. The molecule has 0 aliphatic heterocycles. The lowest BCUT2D eigenvalue weighted by atomic mass is 10.1. The number of hydrogen-bond acceptors (Lipinski definition) is 4. The number of carbonyl (C=O) groups excluding carboxylic acids is 1. The number of aromatic nitrogens is 4. The summed E-state index contributed by atoms with van der Waals surface area (Å²) in [5, 5.41) is 9.58. The Hall–Kier alpha value is -3.49. The van der Waals surface area contributed by atoms with Crippen molar-refractivity contribution >= 4 is 39.6 Å². The first kappa shape index (κ1) is 21.4. The lowest BCUT2D eigenvalue weighted by molar-refractivity contribution is 0.102. The number of hydrogen-bond donors (Lipinski definition) is 1. The predicted octanol–water partition coefficient (Wildman–Crippen LogP) is 5.97. The maximum atomic E-state index is 13.4. The van der Waals surface area contributed by atoms with Gasteiger partial charge in [-0.2, -0.15) is 5.10 Å². The molecule has 0 saturated heterocycles. The van der Waals surface area contributed by atoms with Gasteiger partial charge in [-0.1, -0.05) is 41.4 Å². The van der Waals surface area contributed by atoms with E-state index >= 15 is 0 Å². The maximum absolute atomic E-state index is 13.4. The van der Waals surface area contributed by atoms with Gasteiger partial charge in [0.15, 0.2) is 4.96 Å². The Labute approximate surface area is 198 Å². The fourth-order valence-corrected chi connectivity index (χ4v) is 4.70. The minimum absolute atomic E-state index is 0.264. The topological polar surface area (TPSA) is 64.2 Å². The molecule has 9 heteroatoms. The van der Waals surface area contributed by atoms with Crippen LogP contribution in [0.5, 0.6) is 0 Å². The highest BCUT2D eigenvalue weighted by atomic mass is 35.5. The van der Waals surface area contributed by atoms with Crippen LogP contribution in [0.15, 0.2) is 60.1 Å². The zero-order valence-electron chi connectivity index (χ0n) is 17.8. The highest BCUT2D eigenvalue weighted by Gasteiger charge is 2.24. The molecule has 0 aliphatic rings. The molecule has 2 aromatic carbocycles. The molecule has 0 bridgehead atoms. The van der Waals surface area contributed by atoms with E-state index < -0.39 is 0 Å². The minimum atomic E-state index is -0.385. The number of carbonyl (C=O) groups is 1. The number of aryl methyl sites for hydroxylation is 2. The van der Waals surface area contributed by atoms with Crippen LogP contribution >= 0.6 is 22.9 Å². The van der Waals surface area contributed by atoms with Crippen molar-refractivity contribution in [2.75, 3.05) is 5.32 Å². The van der Waals surface area contributed by atoms with Crippen LogP contribution in [-0.4, -0.2) is 25.1 Å². The van der Waals surface area contributed by atoms with Gasteiger partial charge in [0, 0.05) is 17.1 Å². The molecule has 5 rings (SSSR count). The highest BCUT2D eigenvalue weighted by Crippen LogP contribution is 2.32. The van der Waals surface area contributed by atoms with Crippen LogP contribution in [0.25, 0.3) is 16.2 Å². The number of fused-ring (bicyclic) bond motifs is 1. The van der Waals surface area contributed by atoms with Gasteiger partial charge in [0.05, 0.1) is 17.8 Å². The molecule has 0 atom stereocenters. The zero-order valence-corrected chi connectivity index (χ0v) is 19.4. The van der Waals surface area contributed by atoms with E-state index in [1.807, 2.05) is 42.8 Å². The van der Waals surface area contributed by atoms with Gasteiger partial charge in [0.1, 0.15) is 22.5 Å². The lowest BCUT2D eigenvalue weighted by Crippen LogP contribution is -2.15. The molecular weight excluding hydrogens is 461 g/mol. The number of thiazole rings is 1. The summed E-state index contributed by atoms with van der Waals surface area (Å²) in [6.07, 6.45) is 1.82. The predicted molar refractivity (Wildman–Crippen MR) is 129 cm³/mol. The summed E-state index contributed by atoms with van der Waals surface area (Å²) < 4.78 is 16.8. The first-order valence-corrected chi connectivity index (χ1v) is 11.5. The number of benzene rings is 2. The molecule has 0 fully saturated rings. The van der Waals surface area contributed by atoms with Crippen molar-refractivity contribution < 1.29 is 9.18 Å². The Morgan fingerprint density at radius 2 is 1.85 bits per heavy atom. The SMILES string of the molecule is Cc1ccc(Cn2nc(C)c(C(=O)Nc3c(-c4ccc(F)cc4)nc4sccn34)c2Cl)cc1. The van der Waals surface area contributed by atoms with Crippen molar-refractivity contribution in [1.29, 1.82) is 0 Å². The quantitative estimate of drug-likeness (QED) is 0.338. The fraction of sp³-hybridized carbons (Fsp3) is 0.125. The number of imidazole rings is 1. The van der Waals surface area contributed by atoms with Gasteiger partial charge in [-0.05, 0) is 43.7 Å². The Bertz CT molecular complexity index is 1470. The molecule has 1 N–H and O–H groups in total. The Balaban J connectivity index is 1.48. The smallest absolute Gasteiger partial charge is 0.261 e. The molecule has 3 heterocycles. The van der Waals surface area contributed by atoms with Crippen LogP contribution in [0, 0.1) is 19.7 Å². The molecule has 0 spiro atoms. The van der Waals surface area contributed by atoms with Gasteiger partial charge in [0.2, 0.25) is 0 Å². The molecule has 5 aromatic rings. The summed E-state index contributed by atoms with van der Waals surface area (Å²) in [6.45, 7) is 4.23.